The van der Waals surface area contributed by atoms with Crippen molar-refractivity contribution in [2.75, 3.05) is 5.73 Å². The summed E-state index contributed by atoms with van der Waals surface area (Å²) in [5, 5.41) is 2.15. The van der Waals surface area contributed by atoms with Crippen molar-refractivity contribution in [3.63, 3.8) is 0 Å². The molecule has 0 saturated heterocycles. The van der Waals surface area contributed by atoms with Crippen LogP contribution < -0.4 is 5.73 Å². The van der Waals surface area contributed by atoms with E-state index in [0.717, 1.165) is 39.5 Å². The molecule has 106 valence electrons. The Morgan fingerprint density at radius 1 is 1.14 bits per heavy atom. The van der Waals surface area contributed by atoms with Crippen LogP contribution in [0, 0.1) is 0 Å². The maximum absolute atomic E-state index is 6.01. The number of aryl methyl sites for hydroxylation is 1. The maximum Gasteiger partial charge on any atom is 0.181 e. The van der Waals surface area contributed by atoms with Crippen LogP contribution in [-0.2, 0) is 6.42 Å². The molecule has 5 heteroatoms. The molecular formula is C16H15BrN4. The van der Waals surface area contributed by atoms with Gasteiger partial charge < -0.3 is 5.73 Å². The van der Waals surface area contributed by atoms with Gasteiger partial charge in [-0.1, -0.05) is 37.6 Å². The Kier molecular flexibility index (Phi) is 3.84. The van der Waals surface area contributed by atoms with Crippen molar-refractivity contribution >= 4 is 32.5 Å². The minimum atomic E-state index is 0.457. The van der Waals surface area contributed by atoms with Gasteiger partial charge in [-0.3, -0.25) is 4.98 Å². The standard InChI is InChI=1S/C16H15BrN4/c1-2-5-12-13(17)15(18)21-16(20-12)14-11-7-4-3-6-10(11)8-9-19-14/h3-4,6-9H,2,5H2,1H3,(H2,18,20,21). The van der Waals surface area contributed by atoms with E-state index in [9.17, 15) is 0 Å². The van der Waals surface area contributed by atoms with E-state index in [1.54, 1.807) is 6.20 Å². The summed E-state index contributed by atoms with van der Waals surface area (Å²) in [6.07, 6.45) is 3.63. The molecule has 0 aliphatic carbocycles. The molecule has 0 unspecified atom stereocenters. The monoisotopic (exact) mass is 342 g/mol. The third kappa shape index (κ3) is 2.61. The van der Waals surface area contributed by atoms with Crippen LogP contribution in [0.3, 0.4) is 0 Å². The molecule has 0 radical (unpaired) electrons. The minimum Gasteiger partial charge on any atom is -0.383 e. The molecule has 2 N–H and O–H groups in total. The highest BCUT2D eigenvalue weighted by Gasteiger charge is 2.13. The van der Waals surface area contributed by atoms with Crippen molar-refractivity contribution < 1.29 is 0 Å². The van der Waals surface area contributed by atoms with Crippen LogP contribution in [0.15, 0.2) is 41.0 Å². The fourth-order valence-electron chi connectivity index (χ4n) is 2.32. The molecular weight excluding hydrogens is 328 g/mol. The molecule has 0 spiro atoms. The van der Waals surface area contributed by atoms with Gasteiger partial charge in [0.05, 0.1) is 10.2 Å². The number of anilines is 1. The molecule has 0 atom stereocenters. The lowest BCUT2D eigenvalue weighted by molar-refractivity contribution is 0.869. The predicted molar refractivity (Wildman–Crippen MR) is 88.9 cm³/mol. The molecule has 0 fully saturated rings. The molecule has 2 heterocycles. The maximum atomic E-state index is 6.01. The second kappa shape index (κ2) is 5.77. The highest BCUT2D eigenvalue weighted by atomic mass is 79.9. The Balaban J connectivity index is 2.23. The summed E-state index contributed by atoms with van der Waals surface area (Å²) in [5.41, 5.74) is 7.70. The van der Waals surface area contributed by atoms with Crippen molar-refractivity contribution in [2.45, 2.75) is 19.8 Å². The van der Waals surface area contributed by atoms with Crippen molar-refractivity contribution in [3.05, 3.63) is 46.7 Å². The Bertz CT molecular complexity index is 796. The Labute approximate surface area is 131 Å². The van der Waals surface area contributed by atoms with Crippen LogP contribution in [0.2, 0.25) is 0 Å². The summed E-state index contributed by atoms with van der Waals surface area (Å²) in [5.74, 6) is 1.04. The second-order valence-electron chi connectivity index (χ2n) is 4.82. The normalized spacial score (nSPS) is 11.0. The molecule has 0 saturated carbocycles. The van der Waals surface area contributed by atoms with Gasteiger partial charge in [-0.2, -0.15) is 0 Å². The largest absolute Gasteiger partial charge is 0.383 e. The molecule has 3 rings (SSSR count). The number of halogens is 1. The van der Waals surface area contributed by atoms with Crippen LogP contribution in [0.4, 0.5) is 5.82 Å². The van der Waals surface area contributed by atoms with Crippen LogP contribution in [0.25, 0.3) is 22.3 Å². The third-order valence-electron chi connectivity index (χ3n) is 3.32. The third-order valence-corrected chi connectivity index (χ3v) is 4.18. The first-order valence-corrected chi connectivity index (χ1v) is 7.66. The second-order valence-corrected chi connectivity index (χ2v) is 5.62. The summed E-state index contributed by atoms with van der Waals surface area (Å²) in [4.78, 5) is 13.5. The number of rotatable bonds is 3. The smallest absolute Gasteiger partial charge is 0.181 e. The number of nitrogen functional groups attached to an aromatic ring is 1. The SMILES string of the molecule is CCCc1nc(-c2nccc3ccccc23)nc(N)c1Br. The van der Waals surface area contributed by atoms with E-state index in [0.29, 0.717) is 11.6 Å². The van der Waals surface area contributed by atoms with E-state index >= 15 is 0 Å². The quantitative estimate of drug-likeness (QED) is 0.781. The summed E-state index contributed by atoms with van der Waals surface area (Å²) in [6.45, 7) is 2.11. The number of fused-ring (bicyclic) bond motifs is 1. The van der Waals surface area contributed by atoms with E-state index in [-0.39, 0.29) is 0 Å². The van der Waals surface area contributed by atoms with E-state index in [1.165, 1.54) is 0 Å². The predicted octanol–water partition coefficient (Wildman–Crippen LogP) is 3.99. The van der Waals surface area contributed by atoms with Crippen LogP contribution in [0.1, 0.15) is 19.0 Å². The molecule has 0 bridgehead atoms. The fourth-order valence-corrected chi connectivity index (χ4v) is 2.69. The summed E-state index contributed by atoms with van der Waals surface area (Å²) < 4.78 is 0.785. The Hall–Kier alpha value is -2.01. The van der Waals surface area contributed by atoms with E-state index in [1.807, 2.05) is 24.3 Å². The van der Waals surface area contributed by atoms with E-state index < -0.39 is 0 Å². The lowest BCUT2D eigenvalue weighted by Gasteiger charge is -2.09. The van der Waals surface area contributed by atoms with Gasteiger partial charge >= 0.3 is 0 Å². The molecule has 0 aliphatic heterocycles. The summed E-state index contributed by atoms with van der Waals surface area (Å²) in [6, 6.07) is 10.1. The van der Waals surface area contributed by atoms with Gasteiger partial charge in [-0.25, -0.2) is 9.97 Å². The topological polar surface area (TPSA) is 64.7 Å². The average molecular weight is 343 g/mol. The van der Waals surface area contributed by atoms with Crippen LogP contribution >= 0.6 is 15.9 Å². The highest BCUT2D eigenvalue weighted by molar-refractivity contribution is 9.10. The zero-order valence-electron chi connectivity index (χ0n) is 11.7. The molecule has 1 aromatic carbocycles. The van der Waals surface area contributed by atoms with Gasteiger partial charge in [0.1, 0.15) is 11.5 Å². The Morgan fingerprint density at radius 3 is 2.76 bits per heavy atom. The van der Waals surface area contributed by atoms with Gasteiger partial charge in [0.2, 0.25) is 0 Å². The van der Waals surface area contributed by atoms with Crippen molar-refractivity contribution in [2.24, 2.45) is 0 Å². The number of aromatic nitrogens is 3. The molecule has 0 aliphatic rings. The first-order chi connectivity index (χ1) is 10.2. The summed E-state index contributed by atoms with van der Waals surface area (Å²) in [7, 11) is 0. The van der Waals surface area contributed by atoms with Crippen LogP contribution in [-0.4, -0.2) is 15.0 Å². The van der Waals surface area contributed by atoms with Crippen molar-refractivity contribution in [1.29, 1.82) is 0 Å². The number of hydrogen-bond acceptors (Lipinski definition) is 4. The van der Waals surface area contributed by atoms with E-state index in [2.05, 4.69) is 43.9 Å². The lowest BCUT2D eigenvalue weighted by Crippen LogP contribution is -2.04. The lowest BCUT2D eigenvalue weighted by atomic mass is 10.1. The molecule has 3 aromatic rings. The molecule has 21 heavy (non-hydrogen) atoms. The highest BCUT2D eigenvalue weighted by Crippen LogP contribution is 2.28. The van der Waals surface area contributed by atoms with Crippen molar-refractivity contribution in [1.82, 2.24) is 15.0 Å². The zero-order chi connectivity index (χ0) is 14.8. The Morgan fingerprint density at radius 2 is 1.95 bits per heavy atom. The molecule has 4 nitrogen and oxygen atoms in total. The fraction of sp³-hybridized carbons (Fsp3) is 0.188. The van der Waals surface area contributed by atoms with Gasteiger partial charge in [0, 0.05) is 11.6 Å². The van der Waals surface area contributed by atoms with Gasteiger partial charge in [-0.15, -0.1) is 0 Å². The average Bonchev–Trinajstić information content (AvgIpc) is 2.51. The zero-order valence-corrected chi connectivity index (χ0v) is 13.3. The number of benzene rings is 1. The van der Waals surface area contributed by atoms with Crippen molar-refractivity contribution in [3.8, 4) is 11.5 Å². The first-order valence-electron chi connectivity index (χ1n) is 6.86. The number of nitrogens with zero attached hydrogens (tertiary/aromatic N) is 3. The summed E-state index contributed by atoms with van der Waals surface area (Å²) >= 11 is 3.47. The van der Waals surface area contributed by atoms with Gasteiger partial charge in [0.15, 0.2) is 5.82 Å². The van der Waals surface area contributed by atoms with Gasteiger partial charge in [-0.05, 0) is 33.8 Å². The molecule has 0 amide bonds. The number of pyridine rings is 1. The first kappa shape index (κ1) is 13.9. The number of nitrogens with two attached hydrogens (primary N) is 1. The number of hydrogen-bond donors (Lipinski definition) is 1. The van der Waals surface area contributed by atoms with E-state index in [4.69, 9.17) is 5.73 Å². The minimum absolute atomic E-state index is 0.457. The van der Waals surface area contributed by atoms with Crippen LogP contribution in [0.5, 0.6) is 0 Å². The molecule has 2 aromatic heterocycles. The van der Waals surface area contributed by atoms with Gasteiger partial charge in [0.25, 0.3) is 0 Å².